The molecule has 0 radical (unpaired) electrons. The van der Waals surface area contributed by atoms with Crippen LogP contribution in [-0.4, -0.2) is 41.5 Å². The number of rotatable bonds is 3. The highest BCUT2D eigenvalue weighted by molar-refractivity contribution is 5.89. The van der Waals surface area contributed by atoms with Crippen LogP contribution in [0.1, 0.15) is 11.1 Å². The van der Waals surface area contributed by atoms with Crippen molar-refractivity contribution in [2.75, 3.05) is 25.0 Å². The van der Waals surface area contributed by atoms with Crippen LogP contribution in [0.5, 0.6) is 0 Å². The zero-order valence-electron chi connectivity index (χ0n) is 14.0. The van der Waals surface area contributed by atoms with Crippen LogP contribution in [0.25, 0.3) is 0 Å². The maximum Gasteiger partial charge on any atom is 0.321 e. The lowest BCUT2D eigenvalue weighted by atomic mass is 9.91. The minimum Gasteiger partial charge on any atom is -0.323 e. The summed E-state index contributed by atoms with van der Waals surface area (Å²) in [5.74, 6) is 0.621. The molecule has 1 N–H and O–H groups in total. The van der Waals surface area contributed by atoms with Crippen molar-refractivity contribution in [3.63, 3.8) is 0 Å². The van der Waals surface area contributed by atoms with Crippen LogP contribution >= 0.6 is 0 Å². The van der Waals surface area contributed by atoms with Crippen molar-refractivity contribution in [3.05, 3.63) is 65.7 Å². The summed E-state index contributed by atoms with van der Waals surface area (Å²) in [6.07, 6.45) is 0. The van der Waals surface area contributed by atoms with E-state index >= 15 is 0 Å². The second-order valence-corrected chi connectivity index (χ2v) is 6.88. The van der Waals surface area contributed by atoms with Crippen molar-refractivity contribution in [2.24, 2.45) is 5.92 Å². The third kappa shape index (κ3) is 2.89. The van der Waals surface area contributed by atoms with Crippen LogP contribution in [0.4, 0.5) is 10.5 Å². The molecule has 2 amide bonds. The number of aryl methyl sites for hydroxylation is 1. The largest absolute Gasteiger partial charge is 0.323 e. The summed E-state index contributed by atoms with van der Waals surface area (Å²) in [5.41, 5.74) is 3.60. The van der Waals surface area contributed by atoms with Gasteiger partial charge in [-0.2, -0.15) is 0 Å². The lowest BCUT2D eigenvalue weighted by molar-refractivity contribution is 0.0433. The zero-order valence-corrected chi connectivity index (χ0v) is 14.0. The van der Waals surface area contributed by atoms with E-state index in [1.165, 1.54) is 11.1 Å². The smallest absolute Gasteiger partial charge is 0.321 e. The van der Waals surface area contributed by atoms with Gasteiger partial charge in [-0.15, -0.1) is 0 Å². The topological polar surface area (TPSA) is 35.6 Å². The summed E-state index contributed by atoms with van der Waals surface area (Å²) in [7, 11) is 0. The quantitative estimate of drug-likeness (QED) is 0.941. The van der Waals surface area contributed by atoms with E-state index in [1.54, 1.807) is 0 Å². The molecular weight excluding hydrogens is 298 g/mol. The maximum atomic E-state index is 12.4. The van der Waals surface area contributed by atoms with Gasteiger partial charge in [0.2, 0.25) is 0 Å². The van der Waals surface area contributed by atoms with E-state index < -0.39 is 0 Å². The van der Waals surface area contributed by atoms with Crippen molar-refractivity contribution in [1.29, 1.82) is 0 Å². The lowest BCUT2D eigenvalue weighted by Crippen LogP contribution is -2.54. The van der Waals surface area contributed by atoms with Crippen LogP contribution in [0.2, 0.25) is 0 Å². The predicted molar refractivity (Wildman–Crippen MR) is 95.9 cm³/mol. The molecule has 0 aliphatic carbocycles. The van der Waals surface area contributed by atoms with Gasteiger partial charge in [-0.25, -0.2) is 4.79 Å². The molecule has 0 aromatic heterocycles. The van der Waals surface area contributed by atoms with Gasteiger partial charge in [0.05, 0.1) is 0 Å². The SMILES string of the molecule is Cc1ccccc1CN1C[C@H]2CN(C(=O)Nc3ccccc3)C[C@@H]21. The Balaban J connectivity index is 1.35. The van der Waals surface area contributed by atoms with Gasteiger partial charge in [0.1, 0.15) is 0 Å². The Morgan fingerprint density at radius 3 is 2.58 bits per heavy atom. The van der Waals surface area contributed by atoms with Gasteiger partial charge in [0, 0.05) is 43.8 Å². The first-order chi connectivity index (χ1) is 11.7. The first kappa shape index (κ1) is 15.2. The minimum atomic E-state index is 0.0199. The number of para-hydroxylation sites is 1. The van der Waals surface area contributed by atoms with Crippen molar-refractivity contribution >= 4 is 11.7 Å². The Labute approximate surface area is 143 Å². The number of carbonyl (C=O) groups is 1. The molecule has 4 heteroatoms. The molecule has 0 bridgehead atoms. The second-order valence-electron chi connectivity index (χ2n) is 6.88. The highest BCUT2D eigenvalue weighted by Crippen LogP contribution is 2.34. The van der Waals surface area contributed by atoms with Crippen LogP contribution in [0.15, 0.2) is 54.6 Å². The fourth-order valence-electron chi connectivity index (χ4n) is 3.82. The van der Waals surface area contributed by atoms with E-state index in [1.807, 2.05) is 35.2 Å². The van der Waals surface area contributed by atoms with Crippen LogP contribution in [0, 0.1) is 12.8 Å². The summed E-state index contributed by atoms with van der Waals surface area (Å²) < 4.78 is 0. The standard InChI is InChI=1S/C20H23N3O/c1-15-7-5-6-8-16(15)11-22-12-17-13-23(14-19(17)22)20(24)21-18-9-3-2-4-10-18/h2-10,17,19H,11-14H2,1H3,(H,21,24)/t17-,19-/m0/s1. The van der Waals surface area contributed by atoms with Crippen LogP contribution in [0.3, 0.4) is 0 Å². The summed E-state index contributed by atoms with van der Waals surface area (Å²) in [5, 5.41) is 2.99. The normalized spacial score (nSPS) is 22.8. The number of likely N-dealkylation sites (tertiary alicyclic amines) is 2. The highest BCUT2D eigenvalue weighted by atomic mass is 16.2. The Kier molecular flexibility index (Phi) is 3.98. The molecule has 0 saturated carbocycles. The number of nitrogens with zero attached hydrogens (tertiary/aromatic N) is 2. The number of nitrogens with one attached hydrogen (secondary N) is 1. The molecule has 2 aliphatic rings. The number of urea groups is 1. The van der Waals surface area contributed by atoms with Gasteiger partial charge in [0.25, 0.3) is 0 Å². The number of anilines is 1. The fourth-order valence-corrected chi connectivity index (χ4v) is 3.82. The Hall–Kier alpha value is -2.33. The summed E-state index contributed by atoms with van der Waals surface area (Å²) >= 11 is 0. The molecule has 2 heterocycles. The van der Waals surface area contributed by atoms with E-state index in [-0.39, 0.29) is 6.03 Å². The summed E-state index contributed by atoms with van der Waals surface area (Å²) in [6.45, 7) is 5.94. The summed E-state index contributed by atoms with van der Waals surface area (Å²) in [4.78, 5) is 16.9. The Morgan fingerprint density at radius 2 is 1.79 bits per heavy atom. The van der Waals surface area contributed by atoms with E-state index in [0.717, 1.165) is 31.9 Å². The van der Waals surface area contributed by atoms with E-state index in [4.69, 9.17) is 0 Å². The minimum absolute atomic E-state index is 0.0199. The van der Waals surface area contributed by atoms with Gasteiger partial charge in [-0.1, -0.05) is 42.5 Å². The van der Waals surface area contributed by atoms with Gasteiger partial charge in [-0.05, 0) is 30.2 Å². The molecule has 2 atom stereocenters. The van der Waals surface area contributed by atoms with Gasteiger partial charge < -0.3 is 10.2 Å². The molecule has 4 nitrogen and oxygen atoms in total. The van der Waals surface area contributed by atoms with Crippen molar-refractivity contribution in [2.45, 2.75) is 19.5 Å². The van der Waals surface area contributed by atoms with Crippen LogP contribution < -0.4 is 5.32 Å². The monoisotopic (exact) mass is 321 g/mol. The lowest BCUT2D eigenvalue weighted by Gasteiger charge is -2.43. The number of amides is 2. The third-order valence-electron chi connectivity index (χ3n) is 5.29. The Morgan fingerprint density at radius 1 is 1.04 bits per heavy atom. The Bertz CT molecular complexity index is 731. The molecule has 2 aromatic carbocycles. The van der Waals surface area contributed by atoms with Gasteiger partial charge >= 0.3 is 6.03 Å². The molecule has 4 rings (SSSR count). The first-order valence-corrected chi connectivity index (χ1v) is 8.60. The molecule has 24 heavy (non-hydrogen) atoms. The van der Waals surface area contributed by atoms with Gasteiger partial charge in [0.15, 0.2) is 0 Å². The average Bonchev–Trinajstić information content (AvgIpc) is 2.92. The van der Waals surface area contributed by atoms with E-state index in [2.05, 4.69) is 41.4 Å². The van der Waals surface area contributed by atoms with Crippen LogP contribution in [-0.2, 0) is 6.54 Å². The first-order valence-electron chi connectivity index (χ1n) is 8.60. The number of carbonyl (C=O) groups excluding carboxylic acids is 1. The predicted octanol–water partition coefficient (Wildman–Crippen LogP) is 3.34. The number of benzene rings is 2. The second kappa shape index (κ2) is 6.29. The van der Waals surface area contributed by atoms with E-state index in [9.17, 15) is 4.79 Å². The zero-order chi connectivity index (χ0) is 16.5. The number of hydrogen-bond acceptors (Lipinski definition) is 2. The fraction of sp³-hybridized carbons (Fsp3) is 0.350. The van der Waals surface area contributed by atoms with Crippen molar-refractivity contribution in [3.8, 4) is 0 Å². The average molecular weight is 321 g/mol. The highest BCUT2D eigenvalue weighted by Gasteiger charge is 2.46. The molecular formula is C20H23N3O. The van der Waals surface area contributed by atoms with E-state index in [0.29, 0.717) is 12.0 Å². The summed E-state index contributed by atoms with van der Waals surface area (Å²) in [6, 6.07) is 18.8. The maximum absolute atomic E-state index is 12.4. The number of hydrogen-bond donors (Lipinski definition) is 1. The number of fused-ring (bicyclic) bond motifs is 1. The third-order valence-corrected chi connectivity index (χ3v) is 5.29. The molecule has 0 spiro atoms. The van der Waals surface area contributed by atoms with Gasteiger partial charge in [-0.3, -0.25) is 4.90 Å². The molecule has 0 unspecified atom stereocenters. The van der Waals surface area contributed by atoms with Crippen molar-refractivity contribution in [1.82, 2.24) is 9.80 Å². The molecule has 2 aromatic rings. The molecule has 2 saturated heterocycles. The molecule has 2 fully saturated rings. The van der Waals surface area contributed by atoms with Crippen molar-refractivity contribution < 1.29 is 4.79 Å². The molecule has 124 valence electrons. The molecule has 2 aliphatic heterocycles.